The predicted octanol–water partition coefficient (Wildman–Crippen LogP) is 1.50. The molecular formula is C23H30O8. The molecule has 8 heteroatoms. The Hall–Kier alpha value is -2.23. The van der Waals surface area contributed by atoms with Crippen LogP contribution in [0, 0.1) is 6.92 Å². The van der Waals surface area contributed by atoms with Crippen LogP contribution in [0.15, 0.2) is 45.7 Å². The van der Waals surface area contributed by atoms with Crippen molar-refractivity contribution in [1.82, 2.24) is 0 Å². The van der Waals surface area contributed by atoms with Gasteiger partial charge in [-0.3, -0.25) is 0 Å². The van der Waals surface area contributed by atoms with E-state index in [4.69, 9.17) is 18.6 Å². The lowest BCUT2D eigenvalue weighted by atomic mass is 9.77. The number of hydrogen-bond acceptors (Lipinski definition) is 8. The molecule has 170 valence electrons. The van der Waals surface area contributed by atoms with Gasteiger partial charge in [0.15, 0.2) is 0 Å². The van der Waals surface area contributed by atoms with Gasteiger partial charge < -0.3 is 33.9 Å². The highest BCUT2D eigenvalue weighted by atomic mass is 16.6. The summed E-state index contributed by atoms with van der Waals surface area (Å²) >= 11 is 0. The van der Waals surface area contributed by atoms with Crippen molar-refractivity contribution in [3.8, 4) is 5.75 Å². The van der Waals surface area contributed by atoms with Crippen molar-refractivity contribution in [2.24, 2.45) is 0 Å². The lowest BCUT2D eigenvalue weighted by molar-refractivity contribution is -0.225. The van der Waals surface area contributed by atoms with Gasteiger partial charge in [0.2, 0.25) is 0 Å². The number of rotatable bonds is 6. The Balaban J connectivity index is 1.71. The molecule has 0 amide bonds. The van der Waals surface area contributed by atoms with Crippen LogP contribution in [-0.4, -0.2) is 64.2 Å². The fourth-order valence-corrected chi connectivity index (χ4v) is 4.32. The zero-order valence-electron chi connectivity index (χ0n) is 18.3. The van der Waals surface area contributed by atoms with E-state index in [9.17, 15) is 20.1 Å². The molecule has 0 aliphatic carbocycles. The molecule has 1 aromatic rings. The minimum absolute atomic E-state index is 0.400. The second-order valence-electron chi connectivity index (χ2n) is 8.33. The summed E-state index contributed by atoms with van der Waals surface area (Å²) in [6, 6.07) is 1.29. The number of fused-ring (bicyclic) bond motifs is 2. The third-order valence-corrected chi connectivity index (χ3v) is 6.06. The summed E-state index contributed by atoms with van der Waals surface area (Å²) in [5.41, 5.74) is -2.19. The summed E-state index contributed by atoms with van der Waals surface area (Å²) < 4.78 is 22.1. The van der Waals surface area contributed by atoms with Crippen LogP contribution >= 0.6 is 0 Å². The van der Waals surface area contributed by atoms with E-state index in [2.05, 4.69) is 0 Å². The van der Waals surface area contributed by atoms with E-state index in [0.29, 0.717) is 17.1 Å². The van der Waals surface area contributed by atoms with Gasteiger partial charge in [-0.2, -0.15) is 0 Å². The maximum absolute atomic E-state index is 11.6. The van der Waals surface area contributed by atoms with Crippen LogP contribution in [0.2, 0.25) is 0 Å². The fraction of sp³-hybridized carbons (Fsp3) is 0.522. The Morgan fingerprint density at radius 1 is 1.13 bits per heavy atom. The van der Waals surface area contributed by atoms with Crippen molar-refractivity contribution in [2.75, 3.05) is 7.11 Å². The van der Waals surface area contributed by atoms with Gasteiger partial charge in [-0.1, -0.05) is 30.4 Å². The Morgan fingerprint density at radius 3 is 2.45 bits per heavy atom. The van der Waals surface area contributed by atoms with Crippen LogP contribution in [0.4, 0.5) is 0 Å². The molecule has 2 fully saturated rings. The zero-order chi connectivity index (χ0) is 23.0. The molecule has 0 aromatic carbocycles. The van der Waals surface area contributed by atoms with E-state index < -0.39 is 47.3 Å². The van der Waals surface area contributed by atoms with Crippen molar-refractivity contribution >= 4 is 6.08 Å². The Kier molecular flexibility index (Phi) is 6.59. The average Bonchev–Trinajstić information content (AvgIpc) is 2.87. The molecule has 2 bridgehead atoms. The molecule has 8 nitrogen and oxygen atoms in total. The topological polar surface area (TPSA) is 119 Å². The zero-order valence-corrected chi connectivity index (χ0v) is 18.3. The van der Waals surface area contributed by atoms with Crippen molar-refractivity contribution in [3.05, 3.63) is 58.2 Å². The minimum atomic E-state index is -1.26. The highest BCUT2D eigenvalue weighted by molar-refractivity contribution is 5.52. The fourth-order valence-electron chi connectivity index (χ4n) is 4.32. The highest BCUT2D eigenvalue weighted by Gasteiger charge is 2.69. The van der Waals surface area contributed by atoms with E-state index in [-0.39, 0.29) is 0 Å². The van der Waals surface area contributed by atoms with Gasteiger partial charge in [0.05, 0.1) is 19.3 Å². The van der Waals surface area contributed by atoms with Crippen LogP contribution in [0.5, 0.6) is 5.75 Å². The van der Waals surface area contributed by atoms with Crippen LogP contribution in [0.25, 0.3) is 6.08 Å². The SMILES string of the molecule is COc1cc(=O)oc(/C=C/C=C/C=C/[C@@H]2O[C@@]3(C)C([C@H](C)O)O[C@](C)([C@H]2O)[C@@H]3O)c1C. The Morgan fingerprint density at radius 2 is 1.81 bits per heavy atom. The maximum Gasteiger partial charge on any atom is 0.339 e. The van der Waals surface area contributed by atoms with Crippen molar-refractivity contribution in [1.29, 1.82) is 0 Å². The summed E-state index contributed by atoms with van der Waals surface area (Å²) in [6.45, 7) is 6.65. The molecule has 31 heavy (non-hydrogen) atoms. The van der Waals surface area contributed by atoms with E-state index >= 15 is 0 Å². The van der Waals surface area contributed by atoms with Crippen molar-refractivity contribution in [3.63, 3.8) is 0 Å². The third kappa shape index (κ3) is 4.14. The number of aliphatic hydroxyl groups excluding tert-OH is 3. The summed E-state index contributed by atoms with van der Waals surface area (Å²) in [6.07, 6.45) is 5.61. The molecular weight excluding hydrogens is 404 g/mol. The van der Waals surface area contributed by atoms with E-state index in [1.165, 1.54) is 13.2 Å². The van der Waals surface area contributed by atoms with Gasteiger partial charge in [0.1, 0.15) is 47.1 Å². The summed E-state index contributed by atoms with van der Waals surface area (Å²) in [4.78, 5) is 11.6. The predicted molar refractivity (Wildman–Crippen MR) is 114 cm³/mol. The first-order chi connectivity index (χ1) is 14.5. The van der Waals surface area contributed by atoms with Gasteiger partial charge in [-0.05, 0) is 33.8 Å². The highest BCUT2D eigenvalue weighted by Crippen LogP contribution is 2.49. The molecule has 3 rings (SSSR count). The first-order valence-electron chi connectivity index (χ1n) is 10.1. The number of methoxy groups -OCH3 is 1. The molecule has 2 aliphatic rings. The van der Waals surface area contributed by atoms with E-state index in [1.54, 1.807) is 64.2 Å². The van der Waals surface area contributed by atoms with Gasteiger partial charge in [0.25, 0.3) is 0 Å². The second kappa shape index (κ2) is 8.72. The average molecular weight is 434 g/mol. The molecule has 1 aromatic heterocycles. The molecule has 2 aliphatic heterocycles. The normalized spacial score (nSPS) is 36.6. The quantitative estimate of drug-likeness (QED) is 0.577. The third-order valence-electron chi connectivity index (χ3n) is 6.06. The molecule has 0 saturated carbocycles. The largest absolute Gasteiger partial charge is 0.496 e. The second-order valence-corrected chi connectivity index (χ2v) is 8.33. The number of ether oxygens (including phenoxy) is 3. The molecule has 0 radical (unpaired) electrons. The van der Waals surface area contributed by atoms with Crippen molar-refractivity contribution in [2.45, 2.75) is 69.4 Å². The van der Waals surface area contributed by atoms with E-state index in [1.807, 2.05) is 0 Å². The molecule has 7 atom stereocenters. The lowest BCUT2D eigenvalue weighted by Gasteiger charge is -2.45. The monoisotopic (exact) mass is 434 g/mol. The Labute approximate surface area is 181 Å². The number of hydrogen-bond donors (Lipinski definition) is 3. The minimum Gasteiger partial charge on any atom is -0.496 e. The summed E-state index contributed by atoms with van der Waals surface area (Å²) in [5.74, 6) is 0.858. The first-order valence-corrected chi connectivity index (χ1v) is 10.1. The smallest absolute Gasteiger partial charge is 0.339 e. The van der Waals surface area contributed by atoms with Gasteiger partial charge >= 0.3 is 5.63 Å². The molecule has 3 heterocycles. The lowest BCUT2D eigenvalue weighted by Crippen LogP contribution is -2.65. The summed E-state index contributed by atoms with van der Waals surface area (Å²) in [7, 11) is 1.49. The molecule has 2 saturated heterocycles. The number of allylic oxidation sites excluding steroid dienone is 4. The van der Waals surface area contributed by atoms with Crippen LogP contribution in [-0.2, 0) is 9.47 Å². The summed E-state index contributed by atoms with van der Waals surface area (Å²) in [5, 5.41) is 31.4. The maximum atomic E-state index is 11.6. The van der Waals surface area contributed by atoms with Crippen LogP contribution in [0.3, 0.4) is 0 Å². The van der Waals surface area contributed by atoms with Gasteiger partial charge in [-0.25, -0.2) is 4.79 Å². The van der Waals surface area contributed by atoms with Gasteiger partial charge in [0, 0.05) is 5.56 Å². The van der Waals surface area contributed by atoms with E-state index in [0.717, 1.165) is 0 Å². The van der Waals surface area contributed by atoms with Crippen LogP contribution < -0.4 is 10.4 Å². The Bertz CT molecular complexity index is 945. The number of aliphatic hydroxyl groups is 3. The molecule has 0 spiro atoms. The van der Waals surface area contributed by atoms with Gasteiger partial charge in [-0.15, -0.1) is 0 Å². The molecule has 1 unspecified atom stereocenters. The standard InChI is InChI=1S/C23H30O8/c1-13-15(29-18(25)12-17(13)28-5)10-8-6-7-9-11-16-19(26)22(3)21(27)23(4,30-16)20(31-22)14(2)24/h6-12,14,16,19-21,24,26-27H,1-5H3/b7-6+,10-8+,11-9+/t14-,16-,19-,20?,21-,22+,23-/m0/s1. The van der Waals surface area contributed by atoms with Crippen molar-refractivity contribution < 1.29 is 33.9 Å². The molecule has 3 N–H and O–H groups in total. The first kappa shape index (κ1) is 23.4. The van der Waals surface area contributed by atoms with Crippen LogP contribution in [0.1, 0.15) is 32.1 Å².